The number of benzene rings is 1. The molecule has 1 fully saturated rings. The first-order valence-electron chi connectivity index (χ1n) is 4.71. The lowest BCUT2D eigenvalue weighted by atomic mass is 10.1. The summed E-state index contributed by atoms with van der Waals surface area (Å²) in [5, 5.41) is 20.0. The Hall–Kier alpha value is -2.22. The molecule has 0 aromatic heterocycles. The highest BCUT2D eigenvalue weighted by Crippen LogP contribution is 2.27. The largest absolute Gasteiger partial charge is 0.301 e. The molecule has 0 radical (unpaired) electrons. The zero-order valence-electron chi connectivity index (χ0n) is 8.77. The van der Waals surface area contributed by atoms with Crippen LogP contribution in [0, 0.1) is 21.3 Å². The minimum Gasteiger partial charge on any atom is -0.301 e. The quantitative estimate of drug-likeness (QED) is 0.485. The number of carbonyl (C=O) groups is 1. The fourth-order valence-electron chi connectivity index (χ4n) is 1.34. The standard InChI is InChI=1S/C10H6FN3O3S/c11-7-2-1-6(14(16)17)3-5(7)4-8-9(15)13-10(12)18-8/h1-4H,(H2,12,13,15). The van der Waals surface area contributed by atoms with Crippen LogP contribution in [-0.4, -0.2) is 16.0 Å². The van der Waals surface area contributed by atoms with Crippen LogP contribution in [0.25, 0.3) is 6.08 Å². The molecule has 2 rings (SSSR count). The summed E-state index contributed by atoms with van der Waals surface area (Å²) in [4.78, 5) is 21.4. The molecule has 0 bridgehead atoms. The minimum absolute atomic E-state index is 0.0583. The smallest absolute Gasteiger partial charge is 0.270 e. The molecule has 1 aromatic rings. The summed E-state index contributed by atoms with van der Waals surface area (Å²) >= 11 is 0.839. The van der Waals surface area contributed by atoms with E-state index in [1.807, 2.05) is 0 Å². The second-order valence-corrected chi connectivity index (χ2v) is 4.41. The van der Waals surface area contributed by atoms with Gasteiger partial charge in [-0.1, -0.05) is 0 Å². The normalized spacial score (nSPS) is 17.1. The summed E-state index contributed by atoms with van der Waals surface area (Å²) in [6, 6.07) is 3.05. The van der Waals surface area contributed by atoms with Gasteiger partial charge < -0.3 is 5.32 Å². The molecule has 2 N–H and O–H groups in total. The molecule has 1 heterocycles. The van der Waals surface area contributed by atoms with Crippen molar-refractivity contribution in [3.63, 3.8) is 0 Å². The van der Waals surface area contributed by atoms with Crippen molar-refractivity contribution in [2.75, 3.05) is 0 Å². The fraction of sp³-hybridized carbons (Fsp3) is 0. The van der Waals surface area contributed by atoms with E-state index in [0.29, 0.717) is 0 Å². The van der Waals surface area contributed by atoms with Gasteiger partial charge in [0.2, 0.25) is 0 Å². The third-order valence-corrected chi connectivity index (χ3v) is 2.97. The number of thioether (sulfide) groups is 1. The third kappa shape index (κ3) is 2.38. The average molecular weight is 267 g/mol. The Labute approximate surface area is 105 Å². The Morgan fingerprint density at radius 1 is 1.50 bits per heavy atom. The summed E-state index contributed by atoms with van der Waals surface area (Å²) in [5.41, 5.74) is -0.321. The predicted octanol–water partition coefficient (Wildman–Crippen LogP) is 1.87. The average Bonchev–Trinajstić information content (AvgIpc) is 2.60. The topological polar surface area (TPSA) is 96.1 Å². The van der Waals surface area contributed by atoms with Crippen LogP contribution in [-0.2, 0) is 4.79 Å². The van der Waals surface area contributed by atoms with E-state index in [0.717, 1.165) is 30.0 Å². The van der Waals surface area contributed by atoms with Gasteiger partial charge in [-0.05, 0) is 23.9 Å². The number of non-ortho nitro benzene ring substituents is 1. The third-order valence-electron chi connectivity index (χ3n) is 2.14. The van der Waals surface area contributed by atoms with E-state index in [2.05, 4.69) is 5.32 Å². The van der Waals surface area contributed by atoms with Gasteiger partial charge >= 0.3 is 0 Å². The molecular formula is C10H6FN3O3S. The van der Waals surface area contributed by atoms with Crippen molar-refractivity contribution in [3.05, 3.63) is 44.6 Å². The number of rotatable bonds is 2. The highest BCUT2D eigenvalue weighted by atomic mass is 32.2. The first kappa shape index (κ1) is 12.2. The van der Waals surface area contributed by atoms with Crippen molar-refractivity contribution in [2.24, 2.45) is 0 Å². The lowest BCUT2D eigenvalue weighted by Gasteiger charge is -1.98. The van der Waals surface area contributed by atoms with Gasteiger partial charge in [0, 0.05) is 17.7 Å². The Morgan fingerprint density at radius 3 is 2.78 bits per heavy atom. The van der Waals surface area contributed by atoms with Crippen molar-refractivity contribution in [3.8, 4) is 0 Å². The molecule has 6 nitrogen and oxygen atoms in total. The van der Waals surface area contributed by atoms with Crippen LogP contribution < -0.4 is 5.32 Å². The van der Waals surface area contributed by atoms with Gasteiger partial charge in [0.1, 0.15) is 5.82 Å². The van der Waals surface area contributed by atoms with Crippen molar-refractivity contribution in [1.29, 1.82) is 5.41 Å². The van der Waals surface area contributed by atoms with E-state index in [-0.39, 0.29) is 21.3 Å². The maximum absolute atomic E-state index is 13.4. The van der Waals surface area contributed by atoms with Crippen LogP contribution in [0.2, 0.25) is 0 Å². The number of nitrogens with one attached hydrogen (secondary N) is 2. The van der Waals surface area contributed by atoms with Gasteiger partial charge in [-0.2, -0.15) is 0 Å². The van der Waals surface area contributed by atoms with Crippen molar-refractivity contribution in [1.82, 2.24) is 5.32 Å². The molecule has 1 saturated heterocycles. The van der Waals surface area contributed by atoms with Crippen molar-refractivity contribution < 1.29 is 14.1 Å². The number of amides is 1. The maximum atomic E-state index is 13.4. The molecule has 0 saturated carbocycles. The first-order valence-corrected chi connectivity index (χ1v) is 5.52. The van der Waals surface area contributed by atoms with Crippen molar-refractivity contribution in [2.45, 2.75) is 0 Å². The second-order valence-electron chi connectivity index (χ2n) is 3.36. The van der Waals surface area contributed by atoms with Gasteiger partial charge in [-0.3, -0.25) is 20.3 Å². The van der Waals surface area contributed by atoms with Crippen LogP contribution in [0.15, 0.2) is 23.1 Å². The molecule has 0 atom stereocenters. The van der Waals surface area contributed by atoms with Crippen LogP contribution in [0.3, 0.4) is 0 Å². The number of nitrogens with zero attached hydrogens (tertiary/aromatic N) is 1. The maximum Gasteiger partial charge on any atom is 0.270 e. The monoisotopic (exact) mass is 267 g/mol. The lowest BCUT2D eigenvalue weighted by molar-refractivity contribution is -0.384. The molecule has 0 unspecified atom stereocenters. The summed E-state index contributed by atoms with van der Waals surface area (Å²) in [6.07, 6.45) is 1.18. The number of hydrogen-bond donors (Lipinski definition) is 2. The summed E-state index contributed by atoms with van der Waals surface area (Å²) in [7, 11) is 0. The molecule has 92 valence electrons. The molecule has 1 aliphatic heterocycles. The number of nitro groups is 1. The zero-order chi connectivity index (χ0) is 13.3. The van der Waals surface area contributed by atoms with Gasteiger partial charge in [-0.15, -0.1) is 0 Å². The van der Waals surface area contributed by atoms with E-state index < -0.39 is 16.6 Å². The molecule has 18 heavy (non-hydrogen) atoms. The van der Waals surface area contributed by atoms with Crippen molar-refractivity contribution >= 4 is 34.6 Å². The van der Waals surface area contributed by atoms with Gasteiger partial charge in [0.05, 0.1) is 9.83 Å². The van der Waals surface area contributed by atoms with E-state index in [1.54, 1.807) is 0 Å². The van der Waals surface area contributed by atoms with Crippen LogP contribution in [0.5, 0.6) is 0 Å². The summed E-state index contributed by atoms with van der Waals surface area (Å²) < 4.78 is 13.4. The highest BCUT2D eigenvalue weighted by Gasteiger charge is 2.23. The summed E-state index contributed by atoms with van der Waals surface area (Å²) in [6.45, 7) is 0. The Bertz CT molecular complexity index is 600. The van der Waals surface area contributed by atoms with Crippen LogP contribution in [0.4, 0.5) is 10.1 Å². The number of carbonyl (C=O) groups excluding carboxylic acids is 1. The fourth-order valence-corrected chi connectivity index (χ4v) is 2.03. The number of amidine groups is 1. The Morgan fingerprint density at radius 2 is 2.22 bits per heavy atom. The SMILES string of the molecule is N=C1NC(=O)C(=Cc2cc([N+](=O)[O-])ccc2F)S1. The van der Waals surface area contributed by atoms with E-state index >= 15 is 0 Å². The number of halogens is 1. The zero-order valence-corrected chi connectivity index (χ0v) is 9.58. The summed E-state index contributed by atoms with van der Waals surface area (Å²) in [5.74, 6) is -1.18. The van der Waals surface area contributed by atoms with Gasteiger partial charge in [0.15, 0.2) is 5.17 Å². The molecule has 0 aliphatic carbocycles. The highest BCUT2D eigenvalue weighted by molar-refractivity contribution is 8.18. The van der Waals surface area contributed by atoms with Gasteiger partial charge in [0.25, 0.3) is 11.6 Å². The Kier molecular flexibility index (Phi) is 3.11. The van der Waals surface area contributed by atoms with Crippen LogP contribution in [0.1, 0.15) is 5.56 Å². The second kappa shape index (κ2) is 4.57. The number of nitro benzene ring substituents is 1. The van der Waals surface area contributed by atoms with E-state index in [9.17, 15) is 19.3 Å². The molecule has 1 amide bonds. The molecule has 1 aromatic carbocycles. The minimum atomic E-state index is -0.667. The Balaban J connectivity index is 2.42. The van der Waals surface area contributed by atoms with Crippen LogP contribution >= 0.6 is 11.8 Å². The molecular weight excluding hydrogens is 261 g/mol. The molecule has 1 aliphatic rings. The molecule has 0 spiro atoms. The first-order chi connectivity index (χ1) is 8.47. The van der Waals surface area contributed by atoms with E-state index in [4.69, 9.17) is 5.41 Å². The van der Waals surface area contributed by atoms with Gasteiger partial charge in [-0.25, -0.2) is 4.39 Å². The molecule has 8 heteroatoms. The lowest BCUT2D eigenvalue weighted by Crippen LogP contribution is -2.18. The number of hydrogen-bond acceptors (Lipinski definition) is 5. The van der Waals surface area contributed by atoms with E-state index in [1.165, 1.54) is 6.08 Å². The predicted molar refractivity (Wildman–Crippen MR) is 64.5 cm³/mol.